The summed E-state index contributed by atoms with van der Waals surface area (Å²) in [5.41, 5.74) is 0. The van der Waals surface area contributed by atoms with Crippen molar-refractivity contribution in [2.24, 2.45) is 0 Å². The first-order valence-corrected chi connectivity index (χ1v) is 14.1. The lowest BCUT2D eigenvalue weighted by atomic mass is 9.95. The smallest absolute Gasteiger partial charge is 0.187 e. The molecule has 0 unspecified atom stereocenters. The monoisotopic (exact) mass is 666 g/mol. The minimum Gasteiger partial charge on any atom is -0.394 e. The molecule has 4 saturated heterocycles. The predicted molar refractivity (Wildman–Crippen MR) is 134 cm³/mol. The molecule has 4 aliphatic heterocycles. The van der Waals surface area contributed by atoms with Gasteiger partial charge >= 0.3 is 0 Å². The van der Waals surface area contributed by atoms with E-state index >= 15 is 0 Å². The summed E-state index contributed by atoms with van der Waals surface area (Å²) >= 11 is 0. The normalized spacial score (nSPS) is 52.9. The minimum atomic E-state index is -2.02. The van der Waals surface area contributed by atoms with Crippen molar-refractivity contribution in [3.05, 3.63) is 0 Å². The summed E-state index contributed by atoms with van der Waals surface area (Å²) in [5.74, 6) is 0. The van der Waals surface area contributed by atoms with Crippen LogP contribution in [0.25, 0.3) is 0 Å². The van der Waals surface area contributed by atoms with E-state index in [0.717, 1.165) is 0 Å². The van der Waals surface area contributed by atoms with Crippen molar-refractivity contribution >= 4 is 0 Å². The van der Waals surface area contributed by atoms with Crippen LogP contribution in [0.3, 0.4) is 0 Å². The van der Waals surface area contributed by atoms with Gasteiger partial charge in [0.2, 0.25) is 0 Å². The Morgan fingerprint density at radius 1 is 0.333 bits per heavy atom. The Labute approximate surface area is 254 Å². The summed E-state index contributed by atoms with van der Waals surface area (Å²) in [4.78, 5) is 0. The molecule has 0 saturated carbocycles. The summed E-state index contributed by atoms with van der Waals surface area (Å²) < 4.78 is 37.5. The lowest BCUT2D eigenvalue weighted by Gasteiger charge is -2.48. The molecule has 45 heavy (non-hydrogen) atoms. The zero-order valence-corrected chi connectivity index (χ0v) is 23.5. The van der Waals surface area contributed by atoms with Gasteiger partial charge < -0.3 is 105 Å². The Bertz CT molecular complexity index is 912. The van der Waals surface area contributed by atoms with Crippen LogP contribution < -0.4 is 0 Å². The van der Waals surface area contributed by atoms with Gasteiger partial charge in [0, 0.05) is 0 Å². The van der Waals surface area contributed by atoms with Crippen LogP contribution in [-0.4, -0.2) is 221 Å². The van der Waals surface area contributed by atoms with E-state index in [0.29, 0.717) is 0 Å². The number of rotatable bonds is 10. The first-order chi connectivity index (χ1) is 21.3. The maximum atomic E-state index is 10.8. The molecule has 4 fully saturated rings. The van der Waals surface area contributed by atoms with E-state index in [-0.39, 0.29) is 0 Å². The predicted octanol–water partition coefficient (Wildman–Crippen LogP) is -9.75. The van der Waals surface area contributed by atoms with Crippen molar-refractivity contribution in [1.82, 2.24) is 0 Å². The number of aliphatic hydroxyl groups is 14. The van der Waals surface area contributed by atoms with Gasteiger partial charge in [0.05, 0.1) is 26.4 Å². The number of hydrogen-bond acceptors (Lipinski definition) is 21. The Balaban J connectivity index is 1.42. The molecule has 0 aliphatic carbocycles. The van der Waals surface area contributed by atoms with Gasteiger partial charge in [-0.1, -0.05) is 0 Å². The molecule has 4 heterocycles. The average molecular weight is 667 g/mol. The second-order valence-electron chi connectivity index (χ2n) is 11.1. The topological polar surface area (TPSA) is 348 Å². The van der Waals surface area contributed by atoms with E-state index in [2.05, 4.69) is 0 Å². The van der Waals surface area contributed by atoms with Gasteiger partial charge in [-0.15, -0.1) is 0 Å². The highest BCUT2D eigenvalue weighted by Crippen LogP contribution is 2.34. The van der Waals surface area contributed by atoms with Crippen molar-refractivity contribution in [3.63, 3.8) is 0 Å². The number of aliphatic hydroxyl groups excluding tert-OH is 14. The molecule has 0 aromatic rings. The molecular weight excluding hydrogens is 624 g/mol. The fourth-order valence-corrected chi connectivity index (χ4v) is 5.53. The van der Waals surface area contributed by atoms with Crippen molar-refractivity contribution in [1.29, 1.82) is 0 Å². The Morgan fingerprint density at radius 2 is 0.644 bits per heavy atom. The molecule has 4 aliphatic rings. The molecule has 21 heteroatoms. The summed E-state index contributed by atoms with van der Waals surface area (Å²) in [7, 11) is 0. The molecule has 264 valence electrons. The average Bonchev–Trinajstić information content (AvgIpc) is 3.03. The van der Waals surface area contributed by atoms with Crippen molar-refractivity contribution in [2.45, 2.75) is 123 Å². The van der Waals surface area contributed by atoms with Gasteiger partial charge in [-0.25, -0.2) is 0 Å². The third kappa shape index (κ3) is 7.44. The van der Waals surface area contributed by atoms with Gasteiger partial charge in [0.25, 0.3) is 0 Å². The second kappa shape index (κ2) is 15.6. The molecular formula is C24H42O21. The Kier molecular flexibility index (Phi) is 12.8. The van der Waals surface area contributed by atoms with Crippen LogP contribution in [0.4, 0.5) is 0 Å². The van der Waals surface area contributed by atoms with Gasteiger partial charge in [-0.3, -0.25) is 0 Å². The van der Waals surface area contributed by atoms with Crippen LogP contribution >= 0.6 is 0 Å². The van der Waals surface area contributed by atoms with Crippen molar-refractivity contribution in [2.75, 3.05) is 26.4 Å². The summed E-state index contributed by atoms with van der Waals surface area (Å²) in [6.07, 6.45) is -35.4. The highest BCUT2D eigenvalue weighted by atomic mass is 16.8. The molecule has 0 aromatic carbocycles. The van der Waals surface area contributed by atoms with E-state index in [1.807, 2.05) is 0 Å². The van der Waals surface area contributed by atoms with Crippen LogP contribution in [0.1, 0.15) is 0 Å². The quantitative estimate of drug-likeness (QED) is 0.103. The summed E-state index contributed by atoms with van der Waals surface area (Å²) in [6.45, 7) is -3.34. The maximum Gasteiger partial charge on any atom is 0.187 e. The molecule has 0 aromatic heterocycles. The first kappa shape index (κ1) is 37.0. The van der Waals surface area contributed by atoms with E-state index in [1.165, 1.54) is 0 Å². The van der Waals surface area contributed by atoms with Gasteiger partial charge in [0.15, 0.2) is 25.2 Å². The largest absolute Gasteiger partial charge is 0.394 e. The SMILES string of the molecule is OC[C@H]1O[C@H](O[C@@H]2[C@H](O)[C@@H](O)[C@H](O[C@H]3[C@H](O)[C@@H](O)[C@@H](O[C@@H]4[C@@H](O)[C@H](O)[C@@H](CO)O[C@H]4O)O[C@@H]3CO)O[C@@H]2CO)[C@H](O)[C@@H](O)[C@H]1O. The van der Waals surface area contributed by atoms with E-state index in [4.69, 9.17) is 33.2 Å². The van der Waals surface area contributed by atoms with Crippen molar-refractivity contribution in [3.8, 4) is 0 Å². The van der Waals surface area contributed by atoms with Gasteiger partial charge in [-0.2, -0.15) is 0 Å². The van der Waals surface area contributed by atoms with Crippen LogP contribution in [0.15, 0.2) is 0 Å². The number of ether oxygens (including phenoxy) is 7. The van der Waals surface area contributed by atoms with Crippen LogP contribution in [-0.2, 0) is 33.2 Å². The first-order valence-electron chi connectivity index (χ1n) is 14.1. The zero-order chi connectivity index (χ0) is 33.3. The highest BCUT2D eigenvalue weighted by molar-refractivity contribution is 4.97. The van der Waals surface area contributed by atoms with E-state index < -0.39 is 149 Å². The van der Waals surface area contributed by atoms with Crippen molar-refractivity contribution < 1.29 is 105 Å². The van der Waals surface area contributed by atoms with E-state index in [9.17, 15) is 71.5 Å². The molecule has 0 spiro atoms. The van der Waals surface area contributed by atoms with Crippen LogP contribution in [0.5, 0.6) is 0 Å². The summed E-state index contributed by atoms with van der Waals surface area (Å²) in [6, 6.07) is 0. The molecule has 20 atom stereocenters. The van der Waals surface area contributed by atoms with E-state index in [1.54, 1.807) is 0 Å². The standard InChI is InChI=1S/C24H42O21/c25-1-5-10(30)12(32)20(21(38)39-5)45-24-17(37)14(34)19(8(4-28)42-24)44-23-16(36)13(33)18(7(3-27)41-23)43-22-15(35)11(31)9(29)6(2-26)40-22/h5-38H,1-4H2/t5-,6-,7-,8-,9+,10-,11+,12+,13-,14-,15-,16-,17-,18+,19-,20-,21-,22-,23+,24-/m1/s1. The molecule has 21 nitrogen and oxygen atoms in total. The molecule has 14 N–H and O–H groups in total. The number of hydrogen-bond donors (Lipinski definition) is 14. The molecule has 4 rings (SSSR count). The second-order valence-corrected chi connectivity index (χ2v) is 11.1. The van der Waals surface area contributed by atoms with Crippen LogP contribution in [0.2, 0.25) is 0 Å². The zero-order valence-electron chi connectivity index (χ0n) is 23.5. The maximum absolute atomic E-state index is 10.8. The molecule has 0 amide bonds. The fraction of sp³-hybridized carbons (Fsp3) is 1.00. The minimum absolute atomic E-state index is 0.754. The molecule has 0 radical (unpaired) electrons. The van der Waals surface area contributed by atoms with Gasteiger partial charge in [-0.05, 0) is 0 Å². The highest BCUT2D eigenvalue weighted by Gasteiger charge is 2.55. The van der Waals surface area contributed by atoms with Crippen LogP contribution in [0, 0.1) is 0 Å². The third-order valence-corrected chi connectivity index (χ3v) is 8.21. The summed E-state index contributed by atoms with van der Waals surface area (Å²) in [5, 5.41) is 142. The Hall–Kier alpha value is -0.840. The molecule has 0 bridgehead atoms. The Morgan fingerprint density at radius 3 is 1.07 bits per heavy atom. The third-order valence-electron chi connectivity index (χ3n) is 8.21. The lowest BCUT2D eigenvalue weighted by Crippen LogP contribution is -2.67. The fourth-order valence-electron chi connectivity index (χ4n) is 5.53. The van der Waals surface area contributed by atoms with Gasteiger partial charge in [0.1, 0.15) is 97.7 Å². The lowest BCUT2D eigenvalue weighted by molar-refractivity contribution is -0.390.